The summed E-state index contributed by atoms with van der Waals surface area (Å²) < 4.78 is 0. The molecule has 1 aliphatic rings. The smallest absolute Gasteiger partial charge is 0.220 e. The number of rotatable bonds is 1. The van der Waals surface area contributed by atoms with Gasteiger partial charge in [0, 0.05) is 12.5 Å². The van der Waals surface area contributed by atoms with Crippen molar-refractivity contribution < 1.29 is 4.79 Å². The number of amides is 1. The highest BCUT2D eigenvalue weighted by molar-refractivity contribution is 5.76. The molecule has 1 heterocycles. The van der Waals surface area contributed by atoms with Crippen LogP contribution in [0.2, 0.25) is 0 Å². The van der Waals surface area contributed by atoms with Crippen LogP contribution < -0.4 is 16.7 Å². The molecule has 0 spiro atoms. The van der Waals surface area contributed by atoms with E-state index in [1.54, 1.807) is 0 Å². The molecule has 6 nitrogen and oxygen atoms in total. The topological polar surface area (TPSA) is 91.9 Å². The van der Waals surface area contributed by atoms with Crippen LogP contribution in [-0.2, 0) is 4.79 Å². The highest BCUT2D eigenvalue weighted by Gasteiger charge is 2.14. The average Bonchev–Trinajstić information content (AvgIpc) is 2.43. The molecule has 1 amide bonds. The molecule has 0 aliphatic carbocycles. The number of nitrogens with one attached hydrogen (secondary N) is 2. The van der Waals surface area contributed by atoms with Crippen molar-refractivity contribution >= 4 is 5.91 Å². The molecule has 0 aromatic carbocycles. The second-order valence-electron chi connectivity index (χ2n) is 5.51. The Kier molecular flexibility index (Phi) is 9.83. The summed E-state index contributed by atoms with van der Waals surface area (Å²) in [6, 6.07) is 0. The fraction of sp³-hybridized carbons (Fsp3) is 0.929. The third kappa shape index (κ3) is 8.85. The van der Waals surface area contributed by atoms with Crippen molar-refractivity contribution in [1.82, 2.24) is 11.0 Å². The molecule has 0 bridgehead atoms. The zero-order chi connectivity index (χ0) is 14.5. The SMILES string of the molecule is NC(=O)C1CCCCCCCCNNN=NCCCC1. The van der Waals surface area contributed by atoms with Crippen LogP contribution in [0.15, 0.2) is 10.3 Å². The Labute approximate surface area is 121 Å². The number of hydrogen-bond acceptors (Lipinski definition) is 5. The lowest BCUT2D eigenvalue weighted by atomic mass is 9.94. The van der Waals surface area contributed by atoms with E-state index in [4.69, 9.17) is 5.73 Å². The van der Waals surface area contributed by atoms with Crippen molar-refractivity contribution in [3.05, 3.63) is 0 Å². The lowest BCUT2D eigenvalue weighted by Gasteiger charge is -2.12. The molecule has 1 unspecified atom stereocenters. The van der Waals surface area contributed by atoms with E-state index in [2.05, 4.69) is 21.3 Å². The fourth-order valence-electron chi connectivity index (χ4n) is 2.49. The second kappa shape index (κ2) is 11.6. The maximum atomic E-state index is 11.4. The van der Waals surface area contributed by atoms with E-state index in [1.165, 1.54) is 25.7 Å². The molecule has 6 heteroatoms. The van der Waals surface area contributed by atoms with Gasteiger partial charge in [0.05, 0.1) is 6.54 Å². The maximum Gasteiger partial charge on any atom is 0.220 e. The molecule has 1 rings (SSSR count). The number of nitrogens with zero attached hydrogens (tertiary/aromatic N) is 2. The van der Waals surface area contributed by atoms with Gasteiger partial charge >= 0.3 is 0 Å². The first-order chi connectivity index (χ1) is 9.80. The molecule has 116 valence electrons. The van der Waals surface area contributed by atoms with Gasteiger partial charge in [0.15, 0.2) is 0 Å². The Morgan fingerprint density at radius 1 is 0.950 bits per heavy atom. The first-order valence-corrected chi connectivity index (χ1v) is 7.94. The van der Waals surface area contributed by atoms with Gasteiger partial charge in [0.2, 0.25) is 5.91 Å². The van der Waals surface area contributed by atoms with Gasteiger partial charge in [-0.05, 0) is 25.7 Å². The van der Waals surface area contributed by atoms with Crippen LogP contribution in [0.3, 0.4) is 0 Å². The van der Waals surface area contributed by atoms with Gasteiger partial charge < -0.3 is 5.73 Å². The van der Waals surface area contributed by atoms with Crippen molar-refractivity contribution in [3.63, 3.8) is 0 Å². The molecule has 0 aromatic heterocycles. The molecule has 4 N–H and O–H groups in total. The van der Waals surface area contributed by atoms with E-state index in [-0.39, 0.29) is 11.8 Å². The van der Waals surface area contributed by atoms with Crippen molar-refractivity contribution in [2.45, 2.75) is 64.2 Å². The van der Waals surface area contributed by atoms with E-state index in [0.29, 0.717) is 6.54 Å². The van der Waals surface area contributed by atoms with E-state index in [0.717, 1.165) is 45.1 Å². The summed E-state index contributed by atoms with van der Waals surface area (Å²) in [5, 5.41) is 7.87. The Morgan fingerprint density at radius 3 is 2.35 bits per heavy atom. The minimum absolute atomic E-state index is 0.0439. The largest absolute Gasteiger partial charge is 0.369 e. The minimum Gasteiger partial charge on any atom is -0.369 e. The van der Waals surface area contributed by atoms with Crippen LogP contribution in [0, 0.1) is 5.92 Å². The first kappa shape index (κ1) is 16.9. The molecule has 0 fully saturated rings. The third-order valence-corrected chi connectivity index (χ3v) is 3.77. The maximum absolute atomic E-state index is 11.4. The Hall–Kier alpha value is -1.17. The third-order valence-electron chi connectivity index (χ3n) is 3.77. The van der Waals surface area contributed by atoms with E-state index < -0.39 is 0 Å². The quantitative estimate of drug-likeness (QED) is 0.690. The predicted molar refractivity (Wildman–Crippen MR) is 79.7 cm³/mol. The monoisotopic (exact) mass is 283 g/mol. The van der Waals surface area contributed by atoms with Gasteiger partial charge in [-0.3, -0.25) is 4.79 Å². The number of hydrazine groups is 1. The summed E-state index contributed by atoms with van der Waals surface area (Å²) >= 11 is 0. The second-order valence-corrected chi connectivity index (χ2v) is 5.51. The van der Waals surface area contributed by atoms with Crippen LogP contribution in [0.1, 0.15) is 64.2 Å². The van der Waals surface area contributed by atoms with Gasteiger partial charge in [0.1, 0.15) is 0 Å². The Morgan fingerprint density at radius 2 is 1.60 bits per heavy atom. The minimum atomic E-state index is -0.143. The number of primary amides is 1. The van der Waals surface area contributed by atoms with Gasteiger partial charge in [-0.1, -0.05) is 43.7 Å². The molecule has 1 aliphatic heterocycles. The summed E-state index contributed by atoms with van der Waals surface area (Å²) in [6.45, 7) is 1.61. The standard InChI is InChI=1S/C14H29N5O/c15-14(20)13-9-5-3-1-2-4-7-11-16-18-19-17-12-8-6-10-13/h13H,1-12H2,(H2,15,20)(H,16,19)(H,17,18). The summed E-state index contributed by atoms with van der Waals surface area (Å²) in [5.41, 5.74) is 11.2. The molecule has 0 radical (unpaired) electrons. The van der Waals surface area contributed by atoms with Crippen LogP contribution in [0.4, 0.5) is 0 Å². The summed E-state index contributed by atoms with van der Waals surface area (Å²) in [6.07, 6.45) is 11.0. The van der Waals surface area contributed by atoms with Gasteiger partial charge in [-0.25, -0.2) is 11.0 Å². The van der Waals surface area contributed by atoms with Crippen molar-refractivity contribution in [3.8, 4) is 0 Å². The van der Waals surface area contributed by atoms with Crippen LogP contribution in [0.5, 0.6) is 0 Å². The molecule has 0 aromatic rings. The molecule has 1 atom stereocenters. The van der Waals surface area contributed by atoms with E-state index in [1.807, 2.05) is 0 Å². The zero-order valence-corrected chi connectivity index (χ0v) is 12.4. The molecule has 0 saturated carbocycles. The molecule has 20 heavy (non-hydrogen) atoms. The molecule has 0 saturated heterocycles. The predicted octanol–water partition coefficient (Wildman–Crippen LogP) is 2.46. The average molecular weight is 283 g/mol. The first-order valence-electron chi connectivity index (χ1n) is 7.94. The highest BCUT2D eigenvalue weighted by Crippen LogP contribution is 2.17. The van der Waals surface area contributed by atoms with Crippen LogP contribution in [-0.4, -0.2) is 19.0 Å². The van der Waals surface area contributed by atoms with Crippen LogP contribution in [0.25, 0.3) is 0 Å². The summed E-state index contributed by atoms with van der Waals surface area (Å²) in [5.74, 6) is -0.0992. The van der Waals surface area contributed by atoms with Crippen molar-refractivity contribution in [1.29, 1.82) is 0 Å². The highest BCUT2D eigenvalue weighted by atomic mass is 16.1. The van der Waals surface area contributed by atoms with Gasteiger partial charge in [0.25, 0.3) is 0 Å². The number of carbonyl (C=O) groups is 1. The van der Waals surface area contributed by atoms with Crippen LogP contribution >= 0.6 is 0 Å². The van der Waals surface area contributed by atoms with Gasteiger partial charge in [-0.2, -0.15) is 5.11 Å². The lowest BCUT2D eigenvalue weighted by molar-refractivity contribution is -0.122. The summed E-state index contributed by atoms with van der Waals surface area (Å²) in [4.78, 5) is 11.4. The Bertz CT molecular complexity index is 283. The lowest BCUT2D eigenvalue weighted by Crippen LogP contribution is -2.27. The van der Waals surface area contributed by atoms with Gasteiger partial charge in [-0.15, -0.1) is 0 Å². The van der Waals surface area contributed by atoms with Crippen molar-refractivity contribution in [2.24, 2.45) is 22.0 Å². The van der Waals surface area contributed by atoms with Crippen molar-refractivity contribution in [2.75, 3.05) is 13.1 Å². The Balaban J connectivity index is 2.30. The zero-order valence-electron chi connectivity index (χ0n) is 12.4. The number of nitrogens with two attached hydrogens (primary N) is 1. The number of hydrogen-bond donors (Lipinski definition) is 3. The van der Waals surface area contributed by atoms with E-state index >= 15 is 0 Å². The van der Waals surface area contributed by atoms with E-state index in [9.17, 15) is 4.79 Å². The number of carbonyl (C=O) groups excluding carboxylic acids is 1. The fourth-order valence-corrected chi connectivity index (χ4v) is 2.49. The normalized spacial score (nSPS) is 24.5. The summed E-state index contributed by atoms with van der Waals surface area (Å²) in [7, 11) is 0. The molecular formula is C14H29N5O. The molecular weight excluding hydrogens is 254 g/mol.